The van der Waals surface area contributed by atoms with Crippen molar-refractivity contribution in [1.82, 2.24) is 34.9 Å². The predicted molar refractivity (Wildman–Crippen MR) is 72.7 cm³/mol. The van der Waals surface area contributed by atoms with E-state index in [1.807, 2.05) is 11.6 Å². The molecule has 0 atom stereocenters. The van der Waals surface area contributed by atoms with Crippen LogP contribution in [0.1, 0.15) is 5.82 Å². The molecule has 0 amide bonds. The molecule has 10 heteroatoms. The lowest BCUT2D eigenvalue weighted by molar-refractivity contribution is 0.787. The highest BCUT2D eigenvalue weighted by Crippen LogP contribution is 2.19. The van der Waals surface area contributed by atoms with E-state index in [9.17, 15) is 0 Å². The van der Waals surface area contributed by atoms with Gasteiger partial charge in [0, 0.05) is 20.0 Å². The molecule has 0 saturated heterocycles. The third-order valence-electron chi connectivity index (χ3n) is 2.89. The van der Waals surface area contributed by atoms with Gasteiger partial charge < -0.3 is 9.88 Å². The van der Waals surface area contributed by atoms with Crippen molar-refractivity contribution in [1.29, 1.82) is 0 Å². The fourth-order valence-corrected chi connectivity index (χ4v) is 1.86. The Morgan fingerprint density at radius 2 is 2.30 bits per heavy atom. The summed E-state index contributed by atoms with van der Waals surface area (Å²) in [5, 5.41) is 18.6. The second-order valence-electron chi connectivity index (χ2n) is 4.21. The number of hydrogen-bond acceptors (Lipinski definition) is 8. The summed E-state index contributed by atoms with van der Waals surface area (Å²) in [7, 11) is 1.91. The molecule has 0 bridgehead atoms. The molecule has 0 aliphatic rings. The van der Waals surface area contributed by atoms with E-state index in [-0.39, 0.29) is 0 Å². The summed E-state index contributed by atoms with van der Waals surface area (Å²) < 4.78 is 1.88. The van der Waals surface area contributed by atoms with Gasteiger partial charge in [-0.05, 0) is 0 Å². The minimum absolute atomic E-state index is 0.322. The van der Waals surface area contributed by atoms with Crippen molar-refractivity contribution in [3.63, 3.8) is 0 Å². The summed E-state index contributed by atoms with van der Waals surface area (Å²) in [5.74, 6) is 7.23. The second kappa shape index (κ2) is 5.09. The molecule has 0 aromatic carbocycles. The van der Waals surface area contributed by atoms with Crippen molar-refractivity contribution < 1.29 is 0 Å². The van der Waals surface area contributed by atoms with Crippen LogP contribution >= 0.6 is 0 Å². The fraction of sp³-hybridized carbons (Fsp3) is 0.300. The third-order valence-corrected chi connectivity index (χ3v) is 2.89. The number of H-pyrrole nitrogens is 1. The van der Waals surface area contributed by atoms with Gasteiger partial charge >= 0.3 is 0 Å². The van der Waals surface area contributed by atoms with Gasteiger partial charge in [-0.3, -0.25) is 10.5 Å². The minimum atomic E-state index is 0.322. The summed E-state index contributed by atoms with van der Waals surface area (Å²) in [6.07, 6.45) is 4.07. The van der Waals surface area contributed by atoms with E-state index in [2.05, 4.69) is 41.1 Å². The zero-order valence-corrected chi connectivity index (χ0v) is 10.8. The van der Waals surface area contributed by atoms with Gasteiger partial charge in [0.1, 0.15) is 18.0 Å². The van der Waals surface area contributed by atoms with E-state index < -0.39 is 0 Å². The van der Waals surface area contributed by atoms with E-state index >= 15 is 0 Å². The molecule has 20 heavy (non-hydrogen) atoms. The van der Waals surface area contributed by atoms with Gasteiger partial charge in [0.15, 0.2) is 5.65 Å². The molecule has 0 aliphatic carbocycles. The molecule has 104 valence electrons. The molecule has 0 unspecified atom stereocenters. The smallest absolute Gasteiger partial charge is 0.241 e. The molecule has 0 saturated carbocycles. The summed E-state index contributed by atoms with van der Waals surface area (Å²) >= 11 is 0. The molecule has 3 rings (SSSR count). The number of anilines is 2. The Kier molecular flexibility index (Phi) is 3.13. The molecule has 10 nitrogen and oxygen atoms in total. The molecule has 3 aromatic rings. The van der Waals surface area contributed by atoms with Crippen molar-refractivity contribution in [3.8, 4) is 0 Å². The van der Waals surface area contributed by atoms with Gasteiger partial charge in [0.2, 0.25) is 5.95 Å². The van der Waals surface area contributed by atoms with Crippen molar-refractivity contribution >= 4 is 22.8 Å². The minimum Gasteiger partial charge on any atom is -0.369 e. The first-order valence-corrected chi connectivity index (χ1v) is 6.02. The highest BCUT2D eigenvalue weighted by molar-refractivity contribution is 5.86. The van der Waals surface area contributed by atoms with Crippen LogP contribution in [0, 0.1) is 0 Å². The first-order valence-electron chi connectivity index (χ1n) is 6.02. The molecular weight excluding hydrogens is 260 g/mol. The van der Waals surface area contributed by atoms with E-state index in [1.54, 1.807) is 12.5 Å². The molecule has 0 aliphatic heterocycles. The Labute approximate surface area is 113 Å². The molecule has 0 fully saturated rings. The maximum atomic E-state index is 5.35. The van der Waals surface area contributed by atoms with Crippen molar-refractivity contribution in [2.45, 2.75) is 6.42 Å². The van der Waals surface area contributed by atoms with E-state index in [0.29, 0.717) is 24.0 Å². The standard InChI is InChI=1S/C10H14N10/c1-20-5-14-18-7(20)2-3-12-8-6-4-13-19-9(6)16-10(15-8)17-11/h4-5H,2-3,11H2,1H3,(H3,12,13,15,16,17,19). The lowest BCUT2D eigenvalue weighted by atomic mass is 10.3. The molecule has 0 spiro atoms. The average molecular weight is 274 g/mol. The van der Waals surface area contributed by atoms with E-state index in [4.69, 9.17) is 5.84 Å². The largest absolute Gasteiger partial charge is 0.369 e. The van der Waals surface area contributed by atoms with Gasteiger partial charge in [0.25, 0.3) is 0 Å². The van der Waals surface area contributed by atoms with E-state index in [1.165, 1.54) is 0 Å². The number of nitrogens with two attached hydrogens (primary N) is 1. The number of hydrazine groups is 1. The van der Waals surface area contributed by atoms with Gasteiger partial charge in [-0.15, -0.1) is 10.2 Å². The molecule has 5 N–H and O–H groups in total. The van der Waals surface area contributed by atoms with Crippen LogP contribution in [0.15, 0.2) is 12.5 Å². The Hall–Kier alpha value is -2.75. The number of fused-ring (bicyclic) bond motifs is 1. The van der Waals surface area contributed by atoms with Crippen LogP contribution < -0.4 is 16.6 Å². The molecule has 3 aromatic heterocycles. The molecule has 0 radical (unpaired) electrons. The summed E-state index contributed by atoms with van der Waals surface area (Å²) in [5.41, 5.74) is 3.05. The number of nitrogens with one attached hydrogen (secondary N) is 3. The van der Waals surface area contributed by atoms with Crippen molar-refractivity contribution in [2.24, 2.45) is 12.9 Å². The topological polar surface area (TPSA) is 135 Å². The number of hydrogen-bond donors (Lipinski definition) is 4. The lowest BCUT2D eigenvalue weighted by Crippen LogP contribution is -2.14. The average Bonchev–Trinajstić information content (AvgIpc) is 3.07. The van der Waals surface area contributed by atoms with Crippen LogP contribution in [0.5, 0.6) is 0 Å². The first kappa shape index (κ1) is 12.3. The summed E-state index contributed by atoms with van der Waals surface area (Å²) in [6, 6.07) is 0. The zero-order chi connectivity index (χ0) is 13.9. The summed E-state index contributed by atoms with van der Waals surface area (Å²) in [6.45, 7) is 0.661. The van der Waals surface area contributed by atoms with Crippen LogP contribution in [0.25, 0.3) is 11.0 Å². The normalized spacial score (nSPS) is 10.9. The quantitative estimate of drug-likeness (QED) is 0.358. The fourth-order valence-electron chi connectivity index (χ4n) is 1.86. The maximum Gasteiger partial charge on any atom is 0.241 e. The third kappa shape index (κ3) is 2.23. The summed E-state index contributed by atoms with van der Waals surface area (Å²) in [4.78, 5) is 8.43. The number of aryl methyl sites for hydroxylation is 1. The van der Waals surface area contributed by atoms with Crippen LogP contribution in [0.2, 0.25) is 0 Å². The maximum absolute atomic E-state index is 5.35. The highest BCUT2D eigenvalue weighted by atomic mass is 15.3. The van der Waals surface area contributed by atoms with Gasteiger partial charge in [-0.1, -0.05) is 0 Å². The van der Waals surface area contributed by atoms with Crippen LogP contribution in [-0.2, 0) is 13.5 Å². The Balaban J connectivity index is 1.76. The number of nitrogen functional groups attached to an aromatic ring is 1. The van der Waals surface area contributed by atoms with Crippen molar-refractivity contribution in [3.05, 3.63) is 18.3 Å². The van der Waals surface area contributed by atoms with Crippen LogP contribution in [0.3, 0.4) is 0 Å². The van der Waals surface area contributed by atoms with Gasteiger partial charge in [-0.2, -0.15) is 15.1 Å². The van der Waals surface area contributed by atoms with Crippen LogP contribution in [-0.4, -0.2) is 41.5 Å². The lowest BCUT2D eigenvalue weighted by Gasteiger charge is -2.07. The highest BCUT2D eigenvalue weighted by Gasteiger charge is 2.09. The van der Waals surface area contributed by atoms with Gasteiger partial charge in [0.05, 0.1) is 11.6 Å². The number of aromatic amines is 1. The Morgan fingerprint density at radius 3 is 3.05 bits per heavy atom. The predicted octanol–water partition coefficient (Wildman–Crippen LogP) is -0.578. The van der Waals surface area contributed by atoms with Crippen molar-refractivity contribution in [2.75, 3.05) is 17.3 Å². The van der Waals surface area contributed by atoms with E-state index in [0.717, 1.165) is 17.6 Å². The Morgan fingerprint density at radius 1 is 1.40 bits per heavy atom. The zero-order valence-electron chi connectivity index (χ0n) is 10.8. The molecule has 3 heterocycles. The number of rotatable bonds is 5. The second-order valence-corrected chi connectivity index (χ2v) is 4.21. The monoisotopic (exact) mass is 274 g/mol. The van der Waals surface area contributed by atoms with Gasteiger partial charge in [-0.25, -0.2) is 5.84 Å². The molecular formula is C10H14N10. The Bertz CT molecular complexity index is 714. The number of nitrogens with zero attached hydrogens (tertiary/aromatic N) is 6. The van der Waals surface area contributed by atoms with Crippen LogP contribution in [0.4, 0.5) is 11.8 Å². The SMILES string of the molecule is Cn1cnnc1CCNc1nc(NN)nc2[nH]ncc12. The first-order chi connectivity index (χ1) is 9.78. The number of aromatic nitrogens is 7.